The highest BCUT2D eigenvalue weighted by Crippen LogP contribution is 2.45. The van der Waals surface area contributed by atoms with Crippen LogP contribution in [-0.4, -0.2) is 22.7 Å². The van der Waals surface area contributed by atoms with Crippen LogP contribution in [0, 0.1) is 12.8 Å². The molecule has 1 aromatic rings. The molecule has 1 aliphatic rings. The van der Waals surface area contributed by atoms with E-state index in [9.17, 15) is 9.90 Å². The van der Waals surface area contributed by atoms with Crippen LogP contribution < -0.4 is 4.90 Å². The second-order valence-electron chi connectivity index (χ2n) is 7.38. The van der Waals surface area contributed by atoms with E-state index in [4.69, 9.17) is 0 Å². The molecule has 1 heterocycles. The molecule has 21 heavy (non-hydrogen) atoms. The summed E-state index contributed by atoms with van der Waals surface area (Å²) in [4.78, 5) is 14.0. The fourth-order valence-corrected chi connectivity index (χ4v) is 3.78. The van der Waals surface area contributed by atoms with Gasteiger partial charge in [0.1, 0.15) is 6.04 Å². The van der Waals surface area contributed by atoms with Crippen LogP contribution in [-0.2, 0) is 4.79 Å². The van der Waals surface area contributed by atoms with Crippen LogP contribution in [0.25, 0.3) is 0 Å². The smallest absolute Gasteiger partial charge is 0.326 e. The van der Waals surface area contributed by atoms with Gasteiger partial charge in [0.15, 0.2) is 0 Å². The molecule has 2 rings (SSSR count). The molecule has 1 N–H and O–H groups in total. The number of aliphatic carboxylic acids is 1. The number of hydrogen-bond acceptors (Lipinski definition) is 2. The van der Waals surface area contributed by atoms with Crippen LogP contribution in [0.5, 0.6) is 0 Å². The molecule has 2 atom stereocenters. The molecule has 3 nitrogen and oxygen atoms in total. The number of anilines is 1. The number of fused-ring (bicyclic) bond motifs is 1. The zero-order valence-corrected chi connectivity index (χ0v) is 14.0. The highest BCUT2D eigenvalue weighted by molar-refractivity contribution is 5.80. The first-order valence-electron chi connectivity index (χ1n) is 7.78. The van der Waals surface area contributed by atoms with Gasteiger partial charge in [-0.25, -0.2) is 4.79 Å². The summed E-state index contributed by atoms with van der Waals surface area (Å²) >= 11 is 0. The van der Waals surface area contributed by atoms with Crippen molar-refractivity contribution in [3.05, 3.63) is 29.3 Å². The van der Waals surface area contributed by atoms with Gasteiger partial charge in [-0.05, 0) is 56.2 Å². The van der Waals surface area contributed by atoms with Gasteiger partial charge in [0, 0.05) is 11.2 Å². The summed E-state index contributed by atoms with van der Waals surface area (Å²) in [5.74, 6) is -0.225. The lowest BCUT2D eigenvalue weighted by Crippen LogP contribution is -2.58. The average Bonchev–Trinajstić information content (AvgIpc) is 2.32. The highest BCUT2D eigenvalue weighted by Gasteiger charge is 2.43. The van der Waals surface area contributed by atoms with Gasteiger partial charge in [0.2, 0.25) is 0 Å². The van der Waals surface area contributed by atoms with Crippen LogP contribution in [0.4, 0.5) is 5.69 Å². The van der Waals surface area contributed by atoms with Gasteiger partial charge < -0.3 is 10.0 Å². The second-order valence-corrected chi connectivity index (χ2v) is 7.38. The van der Waals surface area contributed by atoms with E-state index in [0.29, 0.717) is 5.92 Å². The van der Waals surface area contributed by atoms with E-state index in [2.05, 4.69) is 50.8 Å². The zero-order valence-electron chi connectivity index (χ0n) is 14.0. The molecule has 0 fully saturated rings. The molecule has 0 bridgehead atoms. The number of nitrogens with zero attached hydrogens (tertiary/aromatic N) is 1. The minimum atomic E-state index is -0.736. The van der Waals surface area contributed by atoms with Crippen LogP contribution in [0.2, 0.25) is 0 Å². The van der Waals surface area contributed by atoms with Gasteiger partial charge in [-0.1, -0.05) is 32.9 Å². The fourth-order valence-electron chi connectivity index (χ4n) is 3.78. The lowest BCUT2D eigenvalue weighted by Gasteiger charge is -2.51. The van der Waals surface area contributed by atoms with Gasteiger partial charge in [-0.15, -0.1) is 0 Å². The van der Waals surface area contributed by atoms with E-state index < -0.39 is 12.0 Å². The summed E-state index contributed by atoms with van der Waals surface area (Å²) < 4.78 is 0. The van der Waals surface area contributed by atoms with E-state index >= 15 is 0 Å². The first-order valence-corrected chi connectivity index (χ1v) is 7.78. The SMILES string of the molecule is Cc1ccc2c(c1)N([C@H](C(=O)O)C(C)C)C(C)(C)C[C@H]2C. The summed E-state index contributed by atoms with van der Waals surface area (Å²) in [6.45, 7) is 12.6. The van der Waals surface area contributed by atoms with E-state index in [-0.39, 0.29) is 11.5 Å². The predicted octanol–water partition coefficient (Wildman–Crippen LogP) is 4.20. The largest absolute Gasteiger partial charge is 0.480 e. The van der Waals surface area contributed by atoms with Crippen LogP contribution >= 0.6 is 0 Å². The molecular formula is C18H27NO2. The Balaban J connectivity index is 2.64. The topological polar surface area (TPSA) is 40.5 Å². The summed E-state index contributed by atoms with van der Waals surface area (Å²) in [5.41, 5.74) is 3.39. The molecule has 1 aliphatic heterocycles. The molecular weight excluding hydrogens is 262 g/mol. The molecule has 116 valence electrons. The monoisotopic (exact) mass is 289 g/mol. The standard InChI is InChI=1S/C18H27NO2/c1-11(2)16(17(20)21)19-15-9-12(3)7-8-14(15)13(4)10-18(19,5)6/h7-9,11,13,16H,10H2,1-6H3,(H,20,21)/t13-,16+/m1/s1. The van der Waals surface area contributed by atoms with Crippen molar-refractivity contribution in [1.82, 2.24) is 0 Å². The van der Waals surface area contributed by atoms with Crippen molar-refractivity contribution < 1.29 is 9.90 Å². The maximum Gasteiger partial charge on any atom is 0.326 e. The van der Waals surface area contributed by atoms with Crippen LogP contribution in [0.15, 0.2) is 18.2 Å². The maximum atomic E-state index is 11.9. The molecule has 0 aliphatic carbocycles. The summed E-state index contributed by atoms with van der Waals surface area (Å²) in [6.07, 6.45) is 0.972. The Morgan fingerprint density at radius 2 is 2.00 bits per heavy atom. The minimum Gasteiger partial charge on any atom is -0.480 e. The number of carbonyl (C=O) groups is 1. The van der Waals surface area contributed by atoms with Crippen molar-refractivity contribution in [3.63, 3.8) is 0 Å². The van der Waals surface area contributed by atoms with E-state index in [1.807, 2.05) is 13.8 Å². The van der Waals surface area contributed by atoms with Crippen molar-refractivity contribution in [3.8, 4) is 0 Å². The first-order chi connectivity index (χ1) is 9.65. The van der Waals surface area contributed by atoms with Gasteiger partial charge in [0.25, 0.3) is 0 Å². The maximum absolute atomic E-state index is 11.9. The summed E-state index contributed by atoms with van der Waals surface area (Å²) in [5, 5.41) is 9.75. The lowest BCUT2D eigenvalue weighted by molar-refractivity contribution is -0.140. The fraction of sp³-hybridized carbons (Fsp3) is 0.611. The van der Waals surface area contributed by atoms with Gasteiger partial charge in [-0.2, -0.15) is 0 Å². The third-order valence-electron chi connectivity index (χ3n) is 4.60. The molecule has 0 aromatic heterocycles. The van der Waals surface area contributed by atoms with Gasteiger partial charge >= 0.3 is 5.97 Å². The number of carboxylic acids is 1. The predicted molar refractivity (Wildman–Crippen MR) is 87.0 cm³/mol. The molecule has 0 spiro atoms. The first kappa shape index (κ1) is 15.9. The average molecular weight is 289 g/mol. The van der Waals surface area contributed by atoms with Crippen molar-refractivity contribution >= 4 is 11.7 Å². The summed E-state index contributed by atoms with van der Waals surface area (Å²) in [6, 6.07) is 5.94. The molecule has 1 aromatic carbocycles. The number of rotatable bonds is 3. The Morgan fingerprint density at radius 1 is 1.38 bits per heavy atom. The van der Waals surface area contributed by atoms with E-state index in [1.165, 1.54) is 11.1 Å². The zero-order chi connectivity index (χ0) is 15.9. The number of aryl methyl sites for hydroxylation is 1. The Bertz CT molecular complexity index is 548. The van der Waals surface area contributed by atoms with Crippen LogP contribution in [0.3, 0.4) is 0 Å². The number of benzene rings is 1. The van der Waals surface area contributed by atoms with E-state index in [0.717, 1.165) is 12.1 Å². The Hall–Kier alpha value is -1.51. The minimum absolute atomic E-state index is 0.0588. The van der Waals surface area contributed by atoms with Crippen molar-refractivity contribution in [1.29, 1.82) is 0 Å². The number of carboxylic acid groups (broad SMARTS) is 1. The summed E-state index contributed by atoms with van der Waals surface area (Å²) in [7, 11) is 0. The van der Waals surface area contributed by atoms with Crippen molar-refractivity contribution in [2.75, 3.05) is 4.90 Å². The Kier molecular flexibility index (Phi) is 4.05. The Labute approximate surface area is 128 Å². The Morgan fingerprint density at radius 3 is 2.52 bits per heavy atom. The van der Waals surface area contributed by atoms with E-state index in [1.54, 1.807) is 0 Å². The molecule has 0 amide bonds. The highest BCUT2D eigenvalue weighted by atomic mass is 16.4. The third kappa shape index (κ3) is 2.78. The second kappa shape index (κ2) is 5.36. The molecule has 0 saturated heterocycles. The van der Waals surface area contributed by atoms with Gasteiger partial charge in [-0.3, -0.25) is 0 Å². The normalized spacial score (nSPS) is 22.0. The van der Waals surface area contributed by atoms with Crippen LogP contribution in [0.1, 0.15) is 58.1 Å². The number of hydrogen-bond donors (Lipinski definition) is 1. The van der Waals surface area contributed by atoms with Gasteiger partial charge in [0.05, 0.1) is 0 Å². The quantitative estimate of drug-likeness (QED) is 0.906. The van der Waals surface area contributed by atoms with Crippen molar-refractivity contribution in [2.24, 2.45) is 5.92 Å². The van der Waals surface area contributed by atoms with Crippen molar-refractivity contribution in [2.45, 2.75) is 65.5 Å². The molecule has 0 radical (unpaired) electrons. The lowest BCUT2D eigenvalue weighted by atomic mass is 9.78. The molecule has 3 heteroatoms. The third-order valence-corrected chi connectivity index (χ3v) is 4.60. The molecule has 0 saturated carbocycles. The molecule has 0 unspecified atom stereocenters.